The van der Waals surface area contributed by atoms with E-state index in [9.17, 15) is 9.59 Å². The molecule has 1 rings (SSSR count). The summed E-state index contributed by atoms with van der Waals surface area (Å²) < 4.78 is 5.18. The number of alkyl carbamates (subject to hydrolysis) is 1. The summed E-state index contributed by atoms with van der Waals surface area (Å²) in [6.07, 6.45) is 1.40. The van der Waals surface area contributed by atoms with E-state index in [1.807, 2.05) is 20.8 Å². The predicted octanol–water partition coefficient (Wildman–Crippen LogP) is 1.52. The monoisotopic (exact) mass is 242 g/mol. The number of carbonyl (C=O) groups excluding carboxylic acids is 2. The molecule has 0 aromatic heterocycles. The highest BCUT2D eigenvalue weighted by molar-refractivity contribution is 5.73. The van der Waals surface area contributed by atoms with E-state index in [1.54, 1.807) is 11.8 Å². The van der Waals surface area contributed by atoms with Crippen molar-refractivity contribution in [3.8, 4) is 0 Å². The van der Waals surface area contributed by atoms with Gasteiger partial charge in [-0.2, -0.15) is 0 Å². The minimum absolute atomic E-state index is 0.00231. The fourth-order valence-electron chi connectivity index (χ4n) is 1.86. The molecule has 0 spiro atoms. The largest absolute Gasteiger partial charge is 0.444 e. The number of ether oxygens (including phenoxy) is 1. The number of rotatable bonds is 1. The molecule has 1 N–H and O–H groups in total. The summed E-state index contributed by atoms with van der Waals surface area (Å²) in [6, 6.07) is 0.00231. The van der Waals surface area contributed by atoms with E-state index in [0.717, 1.165) is 19.4 Å². The first-order chi connectivity index (χ1) is 7.78. The van der Waals surface area contributed by atoms with E-state index in [1.165, 1.54) is 0 Å². The molecular weight excluding hydrogens is 220 g/mol. The van der Waals surface area contributed by atoms with Gasteiger partial charge >= 0.3 is 6.09 Å². The molecule has 2 amide bonds. The highest BCUT2D eigenvalue weighted by Gasteiger charge is 2.24. The first-order valence-corrected chi connectivity index (χ1v) is 6.03. The van der Waals surface area contributed by atoms with Gasteiger partial charge in [-0.3, -0.25) is 4.79 Å². The van der Waals surface area contributed by atoms with E-state index in [4.69, 9.17) is 4.74 Å². The van der Waals surface area contributed by atoms with Crippen LogP contribution in [0.5, 0.6) is 0 Å². The number of piperidine rings is 1. The lowest BCUT2D eigenvalue weighted by Gasteiger charge is -2.32. The van der Waals surface area contributed by atoms with Crippen LogP contribution < -0.4 is 5.32 Å². The minimum atomic E-state index is -0.487. The van der Waals surface area contributed by atoms with Crippen molar-refractivity contribution in [2.24, 2.45) is 0 Å². The summed E-state index contributed by atoms with van der Waals surface area (Å²) in [5, 5.41) is 2.81. The Balaban J connectivity index is 2.41. The van der Waals surface area contributed by atoms with Gasteiger partial charge < -0.3 is 15.0 Å². The Hall–Kier alpha value is -1.26. The van der Waals surface area contributed by atoms with Crippen LogP contribution in [0.15, 0.2) is 0 Å². The number of hydrogen-bond donors (Lipinski definition) is 1. The highest BCUT2D eigenvalue weighted by atomic mass is 16.6. The fraction of sp³-hybridized carbons (Fsp3) is 0.833. The predicted molar refractivity (Wildman–Crippen MR) is 64.6 cm³/mol. The first-order valence-electron chi connectivity index (χ1n) is 6.03. The van der Waals surface area contributed by atoms with Crippen molar-refractivity contribution in [3.63, 3.8) is 0 Å². The van der Waals surface area contributed by atoms with Gasteiger partial charge in [0.1, 0.15) is 5.60 Å². The molecule has 17 heavy (non-hydrogen) atoms. The van der Waals surface area contributed by atoms with E-state index in [2.05, 4.69) is 5.32 Å². The average molecular weight is 242 g/mol. The van der Waals surface area contributed by atoms with Crippen LogP contribution in [0.1, 0.15) is 40.5 Å². The molecule has 0 saturated carbocycles. The molecule has 5 nitrogen and oxygen atoms in total. The zero-order valence-corrected chi connectivity index (χ0v) is 11.1. The Morgan fingerprint density at radius 3 is 2.53 bits per heavy atom. The molecule has 0 aliphatic carbocycles. The van der Waals surface area contributed by atoms with Crippen LogP contribution in [0, 0.1) is 0 Å². The van der Waals surface area contributed by atoms with E-state index >= 15 is 0 Å². The summed E-state index contributed by atoms with van der Waals surface area (Å²) in [6.45, 7) is 8.40. The van der Waals surface area contributed by atoms with Crippen molar-refractivity contribution in [1.29, 1.82) is 0 Å². The van der Waals surface area contributed by atoms with Gasteiger partial charge in [-0.25, -0.2) is 4.79 Å². The molecule has 1 heterocycles. The number of nitrogens with zero attached hydrogens (tertiary/aromatic N) is 1. The maximum atomic E-state index is 11.6. The Labute approximate surface area is 102 Å². The SMILES string of the molecule is CC(=O)N1CCCC(NC(=O)OC(C)(C)C)C1. The lowest BCUT2D eigenvalue weighted by molar-refractivity contribution is -0.130. The van der Waals surface area contributed by atoms with Crippen LogP contribution in [-0.4, -0.2) is 41.6 Å². The number of carbonyl (C=O) groups is 2. The maximum Gasteiger partial charge on any atom is 0.407 e. The summed E-state index contributed by atoms with van der Waals surface area (Å²) in [7, 11) is 0. The molecule has 0 aromatic rings. The molecule has 0 bridgehead atoms. The van der Waals surface area contributed by atoms with Crippen LogP contribution in [0.25, 0.3) is 0 Å². The van der Waals surface area contributed by atoms with Crippen molar-refractivity contribution in [1.82, 2.24) is 10.2 Å². The van der Waals surface area contributed by atoms with Crippen molar-refractivity contribution >= 4 is 12.0 Å². The minimum Gasteiger partial charge on any atom is -0.444 e. The van der Waals surface area contributed by atoms with Crippen molar-refractivity contribution < 1.29 is 14.3 Å². The Bertz CT molecular complexity index is 297. The molecule has 0 aromatic carbocycles. The third-order valence-electron chi connectivity index (χ3n) is 2.59. The van der Waals surface area contributed by atoms with Crippen LogP contribution in [0.4, 0.5) is 4.79 Å². The maximum absolute atomic E-state index is 11.6. The Morgan fingerprint density at radius 1 is 1.35 bits per heavy atom. The molecule has 1 fully saturated rings. The van der Waals surface area contributed by atoms with Gasteiger partial charge in [0, 0.05) is 26.1 Å². The van der Waals surface area contributed by atoms with Gasteiger partial charge in [0.25, 0.3) is 0 Å². The molecule has 98 valence electrons. The van der Waals surface area contributed by atoms with Gasteiger partial charge in [0.2, 0.25) is 5.91 Å². The number of amides is 2. The summed E-state index contributed by atoms with van der Waals surface area (Å²) in [4.78, 5) is 24.6. The highest BCUT2D eigenvalue weighted by Crippen LogP contribution is 2.12. The van der Waals surface area contributed by atoms with Gasteiger partial charge in [-0.1, -0.05) is 0 Å². The molecule has 1 saturated heterocycles. The summed E-state index contributed by atoms with van der Waals surface area (Å²) >= 11 is 0. The molecule has 1 atom stereocenters. The molecule has 5 heteroatoms. The van der Waals surface area contributed by atoms with Crippen LogP contribution >= 0.6 is 0 Å². The molecule has 1 unspecified atom stereocenters. The number of likely N-dealkylation sites (tertiary alicyclic amines) is 1. The summed E-state index contributed by atoms with van der Waals surface area (Å²) in [5.74, 6) is 0.0562. The zero-order chi connectivity index (χ0) is 13.1. The number of hydrogen-bond acceptors (Lipinski definition) is 3. The lowest BCUT2D eigenvalue weighted by atomic mass is 10.1. The van der Waals surface area contributed by atoms with Gasteiger partial charge in [0.15, 0.2) is 0 Å². The van der Waals surface area contributed by atoms with Gasteiger partial charge in [-0.15, -0.1) is 0 Å². The molecule has 0 radical (unpaired) electrons. The standard InChI is InChI=1S/C12H22N2O3/c1-9(15)14-7-5-6-10(8-14)13-11(16)17-12(2,3)4/h10H,5-8H2,1-4H3,(H,13,16). The first kappa shape index (κ1) is 13.8. The number of nitrogens with one attached hydrogen (secondary N) is 1. The summed E-state index contributed by atoms with van der Waals surface area (Å²) in [5.41, 5.74) is -0.487. The topological polar surface area (TPSA) is 58.6 Å². The van der Waals surface area contributed by atoms with Crippen LogP contribution in [-0.2, 0) is 9.53 Å². The Morgan fingerprint density at radius 2 is 2.00 bits per heavy atom. The molecular formula is C12H22N2O3. The van der Waals surface area contributed by atoms with E-state index in [0.29, 0.717) is 6.54 Å². The second-order valence-electron chi connectivity index (χ2n) is 5.45. The van der Waals surface area contributed by atoms with E-state index < -0.39 is 11.7 Å². The smallest absolute Gasteiger partial charge is 0.407 e. The zero-order valence-electron chi connectivity index (χ0n) is 11.1. The van der Waals surface area contributed by atoms with E-state index in [-0.39, 0.29) is 11.9 Å². The van der Waals surface area contributed by atoms with Crippen LogP contribution in [0.3, 0.4) is 0 Å². The average Bonchev–Trinajstić information content (AvgIpc) is 2.14. The quantitative estimate of drug-likeness (QED) is 0.758. The normalized spacial score (nSPS) is 20.9. The van der Waals surface area contributed by atoms with Gasteiger partial charge in [0.05, 0.1) is 0 Å². The molecule has 1 aliphatic rings. The van der Waals surface area contributed by atoms with Gasteiger partial charge in [-0.05, 0) is 33.6 Å². The van der Waals surface area contributed by atoms with Crippen molar-refractivity contribution in [2.45, 2.75) is 52.2 Å². The second kappa shape index (κ2) is 5.38. The van der Waals surface area contributed by atoms with Crippen molar-refractivity contribution in [3.05, 3.63) is 0 Å². The lowest BCUT2D eigenvalue weighted by Crippen LogP contribution is -2.50. The Kier molecular flexibility index (Phi) is 4.37. The third kappa shape index (κ3) is 5.06. The van der Waals surface area contributed by atoms with Crippen LogP contribution in [0.2, 0.25) is 0 Å². The molecule has 1 aliphatic heterocycles. The third-order valence-corrected chi connectivity index (χ3v) is 2.59. The van der Waals surface area contributed by atoms with Crippen molar-refractivity contribution in [2.75, 3.05) is 13.1 Å². The fourth-order valence-corrected chi connectivity index (χ4v) is 1.86. The second-order valence-corrected chi connectivity index (χ2v) is 5.45.